The number of nitrogens with one attached hydrogen (secondary N) is 1. The normalized spacial score (nSPS) is 11.7. The predicted octanol–water partition coefficient (Wildman–Crippen LogP) is 5.69. The number of aliphatic carboxylic acids is 1. The zero-order valence-electron chi connectivity index (χ0n) is 19.8. The molecule has 0 fully saturated rings. The highest BCUT2D eigenvalue weighted by molar-refractivity contribution is 6.18. The molecule has 0 unspecified atom stereocenters. The van der Waals surface area contributed by atoms with Crippen LogP contribution in [0.15, 0.2) is 120 Å². The Kier molecular flexibility index (Phi) is 7.78. The lowest BCUT2D eigenvalue weighted by Gasteiger charge is -2.13. The molecule has 0 saturated carbocycles. The number of carbonyl (C=O) groups excluding carboxylic acids is 1. The lowest BCUT2D eigenvalue weighted by molar-refractivity contribution is -0.132. The van der Waals surface area contributed by atoms with Crippen LogP contribution < -0.4 is 5.32 Å². The molecule has 0 saturated heterocycles. The number of anilines is 1. The summed E-state index contributed by atoms with van der Waals surface area (Å²) < 4.78 is 0. The van der Waals surface area contributed by atoms with E-state index in [2.05, 4.69) is 15.3 Å². The van der Waals surface area contributed by atoms with Crippen LogP contribution in [-0.2, 0) is 11.2 Å². The fourth-order valence-electron chi connectivity index (χ4n) is 3.62. The first-order valence-electron chi connectivity index (χ1n) is 11.4. The molecule has 0 atom stereocenters. The van der Waals surface area contributed by atoms with Gasteiger partial charge in [-0.15, -0.1) is 0 Å². The number of nitrogens with zero attached hydrogens (tertiary/aromatic N) is 2. The molecule has 36 heavy (non-hydrogen) atoms. The second-order valence-electron chi connectivity index (χ2n) is 8.18. The maximum Gasteiger partial charge on any atom is 0.333 e. The molecule has 0 aliphatic carbocycles. The minimum absolute atomic E-state index is 0.155. The highest BCUT2D eigenvalue weighted by atomic mass is 16.4. The van der Waals surface area contributed by atoms with Gasteiger partial charge in [0.1, 0.15) is 5.69 Å². The van der Waals surface area contributed by atoms with Crippen LogP contribution in [0.3, 0.4) is 0 Å². The second kappa shape index (κ2) is 11.5. The summed E-state index contributed by atoms with van der Waals surface area (Å²) in [7, 11) is 0. The van der Waals surface area contributed by atoms with Crippen molar-refractivity contribution < 1.29 is 14.7 Å². The Balaban J connectivity index is 1.75. The summed E-state index contributed by atoms with van der Waals surface area (Å²) in [5, 5.41) is 12.8. The molecule has 6 nitrogen and oxygen atoms in total. The number of rotatable bonds is 8. The first kappa shape index (κ1) is 24.3. The molecule has 0 aliphatic heterocycles. The van der Waals surface area contributed by atoms with E-state index in [0.29, 0.717) is 17.0 Å². The Labute approximate surface area is 209 Å². The van der Waals surface area contributed by atoms with Gasteiger partial charge in [-0.05, 0) is 30.7 Å². The molecule has 4 rings (SSSR count). The average Bonchev–Trinajstić information content (AvgIpc) is 2.91. The molecule has 0 bridgehead atoms. The van der Waals surface area contributed by atoms with Gasteiger partial charge in [-0.25, -0.2) is 4.79 Å². The number of carbonyl (C=O) groups is 2. The molecular formula is C30H25N3O3. The van der Waals surface area contributed by atoms with Crippen molar-refractivity contribution in [3.8, 4) is 0 Å². The Hall–Kier alpha value is -4.84. The smallest absolute Gasteiger partial charge is 0.333 e. The number of carboxylic acid groups (broad SMARTS) is 1. The van der Waals surface area contributed by atoms with Gasteiger partial charge >= 0.3 is 5.97 Å². The summed E-state index contributed by atoms with van der Waals surface area (Å²) in [5.74, 6) is -1.39. The van der Waals surface area contributed by atoms with Crippen LogP contribution in [0.2, 0.25) is 0 Å². The molecular weight excluding hydrogens is 450 g/mol. The van der Waals surface area contributed by atoms with E-state index in [0.717, 1.165) is 16.7 Å². The fourth-order valence-corrected chi connectivity index (χ4v) is 3.62. The number of hydrogen-bond acceptors (Lipinski definition) is 4. The molecule has 178 valence electrons. The summed E-state index contributed by atoms with van der Waals surface area (Å²) in [5.41, 5.74) is 4.95. The van der Waals surface area contributed by atoms with E-state index in [1.54, 1.807) is 30.5 Å². The van der Waals surface area contributed by atoms with Crippen molar-refractivity contribution >= 4 is 23.3 Å². The summed E-state index contributed by atoms with van der Waals surface area (Å²) in [6.45, 7) is 1.98. The molecule has 0 radical (unpaired) electrons. The van der Waals surface area contributed by atoms with Crippen LogP contribution in [0, 0.1) is 6.92 Å². The Morgan fingerprint density at radius 3 is 2.28 bits per heavy atom. The van der Waals surface area contributed by atoms with Gasteiger partial charge in [-0.3, -0.25) is 14.8 Å². The summed E-state index contributed by atoms with van der Waals surface area (Å²) in [4.78, 5) is 33.6. The van der Waals surface area contributed by atoms with E-state index in [1.165, 1.54) is 6.20 Å². The van der Waals surface area contributed by atoms with Crippen molar-refractivity contribution in [1.82, 2.24) is 4.98 Å². The predicted molar refractivity (Wildman–Crippen MR) is 141 cm³/mol. The van der Waals surface area contributed by atoms with Crippen LogP contribution in [0.4, 0.5) is 5.69 Å². The Bertz CT molecular complexity index is 1410. The van der Waals surface area contributed by atoms with Crippen LogP contribution in [0.5, 0.6) is 0 Å². The third-order valence-electron chi connectivity index (χ3n) is 5.51. The number of amides is 1. The highest BCUT2D eigenvalue weighted by Gasteiger charge is 2.15. The van der Waals surface area contributed by atoms with Crippen molar-refractivity contribution in [3.05, 3.63) is 143 Å². The number of carboxylic acids is 1. The average molecular weight is 476 g/mol. The zero-order valence-corrected chi connectivity index (χ0v) is 19.8. The molecule has 0 spiro atoms. The highest BCUT2D eigenvalue weighted by Crippen LogP contribution is 2.22. The van der Waals surface area contributed by atoms with E-state index in [4.69, 9.17) is 0 Å². The molecule has 6 heteroatoms. The van der Waals surface area contributed by atoms with Crippen molar-refractivity contribution in [2.24, 2.45) is 4.99 Å². The van der Waals surface area contributed by atoms with E-state index in [1.807, 2.05) is 79.7 Å². The summed E-state index contributed by atoms with van der Waals surface area (Å²) in [6, 6.07) is 29.6. The minimum atomic E-state index is -1.04. The number of para-hydroxylation sites is 1. The van der Waals surface area contributed by atoms with Crippen LogP contribution in [0.25, 0.3) is 0 Å². The SMILES string of the molecule is Cc1ccc(C/C(=C/N=C(c2ccccc2)c2ccccc2NC(=O)c2ccccn2)C(=O)O)cc1. The van der Waals surface area contributed by atoms with Gasteiger partial charge in [0, 0.05) is 29.9 Å². The molecule has 3 aromatic carbocycles. The molecule has 1 heterocycles. The third kappa shape index (κ3) is 6.18. The number of hydrogen-bond donors (Lipinski definition) is 2. The van der Waals surface area contributed by atoms with Gasteiger partial charge < -0.3 is 10.4 Å². The molecule has 0 aliphatic rings. The lowest BCUT2D eigenvalue weighted by Crippen LogP contribution is -2.16. The van der Waals surface area contributed by atoms with Gasteiger partial charge in [0.05, 0.1) is 17.0 Å². The maximum absolute atomic E-state index is 12.8. The summed E-state index contributed by atoms with van der Waals surface area (Å²) >= 11 is 0. The summed E-state index contributed by atoms with van der Waals surface area (Å²) in [6.07, 6.45) is 3.19. The molecule has 1 aromatic heterocycles. The Morgan fingerprint density at radius 1 is 0.889 bits per heavy atom. The van der Waals surface area contributed by atoms with Crippen molar-refractivity contribution in [2.75, 3.05) is 5.32 Å². The van der Waals surface area contributed by atoms with Crippen LogP contribution in [0.1, 0.15) is 32.7 Å². The van der Waals surface area contributed by atoms with Crippen molar-refractivity contribution in [3.63, 3.8) is 0 Å². The zero-order chi connectivity index (χ0) is 25.3. The van der Waals surface area contributed by atoms with Gasteiger partial charge in [0.15, 0.2) is 0 Å². The number of aromatic nitrogens is 1. The van der Waals surface area contributed by atoms with Crippen LogP contribution in [-0.4, -0.2) is 27.7 Å². The monoisotopic (exact) mass is 475 g/mol. The molecule has 4 aromatic rings. The minimum Gasteiger partial charge on any atom is -0.478 e. The van der Waals surface area contributed by atoms with E-state index in [9.17, 15) is 14.7 Å². The van der Waals surface area contributed by atoms with E-state index < -0.39 is 5.97 Å². The van der Waals surface area contributed by atoms with E-state index >= 15 is 0 Å². The van der Waals surface area contributed by atoms with Gasteiger partial charge in [0.25, 0.3) is 5.91 Å². The van der Waals surface area contributed by atoms with Crippen molar-refractivity contribution in [2.45, 2.75) is 13.3 Å². The van der Waals surface area contributed by atoms with E-state index in [-0.39, 0.29) is 23.6 Å². The largest absolute Gasteiger partial charge is 0.478 e. The third-order valence-corrected chi connectivity index (χ3v) is 5.51. The van der Waals surface area contributed by atoms with Gasteiger partial charge in [-0.2, -0.15) is 0 Å². The van der Waals surface area contributed by atoms with Crippen molar-refractivity contribution in [1.29, 1.82) is 0 Å². The van der Waals surface area contributed by atoms with Gasteiger partial charge in [0.2, 0.25) is 0 Å². The Morgan fingerprint density at radius 2 is 1.58 bits per heavy atom. The lowest BCUT2D eigenvalue weighted by atomic mass is 10.00. The van der Waals surface area contributed by atoms with Gasteiger partial charge in [-0.1, -0.05) is 84.4 Å². The topological polar surface area (TPSA) is 91.7 Å². The second-order valence-corrected chi connectivity index (χ2v) is 8.18. The first-order chi connectivity index (χ1) is 17.5. The molecule has 1 amide bonds. The number of aryl methyl sites for hydroxylation is 1. The fraction of sp³-hybridized carbons (Fsp3) is 0.0667. The van der Waals surface area contributed by atoms with Crippen LogP contribution >= 0.6 is 0 Å². The number of benzene rings is 3. The standard InChI is InChI=1S/C30H25N3O3/c1-21-14-16-22(17-15-21)19-24(30(35)36)20-32-28(23-9-3-2-4-10-23)25-11-5-6-12-26(25)33-29(34)27-13-7-8-18-31-27/h2-18,20H,19H2,1H3,(H,33,34)(H,35,36)/b24-20-,32-28?. The number of aliphatic imine (C=N–C) groups is 1. The number of pyridine rings is 1. The first-order valence-corrected chi connectivity index (χ1v) is 11.4. The quantitative estimate of drug-likeness (QED) is 0.253. The maximum atomic E-state index is 12.8. The molecule has 2 N–H and O–H groups in total.